The molecule has 0 saturated carbocycles. The summed E-state index contributed by atoms with van der Waals surface area (Å²) in [6.45, 7) is 9.34. The molecule has 0 fully saturated rings. The molecule has 0 aliphatic carbocycles. The Morgan fingerprint density at radius 3 is 1.80 bits per heavy atom. The van der Waals surface area contributed by atoms with E-state index in [1.54, 1.807) is 0 Å². The summed E-state index contributed by atoms with van der Waals surface area (Å²) in [7, 11) is 0. The van der Waals surface area contributed by atoms with E-state index in [9.17, 15) is 13.2 Å². The minimum atomic E-state index is -4.28. The number of alkyl halides is 3. The van der Waals surface area contributed by atoms with Crippen molar-refractivity contribution in [3.8, 4) is 0 Å². The van der Waals surface area contributed by atoms with Gasteiger partial charge in [-0.05, 0) is 19.1 Å². The standard InChI is InChI=1S/C7H6F3N.2C2H6/c1-5-6(7(8,9)10)3-2-4-11-5;2*1-2/h2-4H,1H3;2*1-2H3. The fraction of sp³-hybridized carbons (Fsp3) is 0.545. The van der Waals surface area contributed by atoms with Crippen LogP contribution in [-0.2, 0) is 6.18 Å². The van der Waals surface area contributed by atoms with E-state index in [4.69, 9.17) is 0 Å². The molecule has 88 valence electrons. The molecular weight excluding hydrogens is 203 g/mol. The third-order valence-corrected chi connectivity index (χ3v) is 1.31. The largest absolute Gasteiger partial charge is 0.418 e. The predicted octanol–water partition coefficient (Wildman–Crippen LogP) is 4.46. The van der Waals surface area contributed by atoms with Gasteiger partial charge in [0.25, 0.3) is 0 Å². The monoisotopic (exact) mass is 221 g/mol. The quantitative estimate of drug-likeness (QED) is 0.630. The molecule has 0 N–H and O–H groups in total. The lowest BCUT2D eigenvalue weighted by Gasteiger charge is -2.07. The average Bonchev–Trinajstić information content (AvgIpc) is 2.23. The van der Waals surface area contributed by atoms with Crippen LogP contribution in [0.25, 0.3) is 0 Å². The van der Waals surface area contributed by atoms with Crippen molar-refractivity contribution in [2.45, 2.75) is 40.8 Å². The minimum absolute atomic E-state index is 0.0139. The van der Waals surface area contributed by atoms with E-state index < -0.39 is 11.7 Å². The van der Waals surface area contributed by atoms with E-state index in [1.165, 1.54) is 19.2 Å². The molecule has 0 saturated heterocycles. The molecule has 0 aromatic carbocycles. The number of pyridine rings is 1. The number of hydrogen-bond acceptors (Lipinski definition) is 1. The molecule has 0 spiro atoms. The predicted molar refractivity (Wildman–Crippen MR) is 56.7 cm³/mol. The molecule has 0 radical (unpaired) electrons. The SMILES string of the molecule is CC.CC.Cc1ncccc1C(F)(F)F. The highest BCUT2D eigenvalue weighted by Gasteiger charge is 2.32. The lowest BCUT2D eigenvalue weighted by molar-refractivity contribution is -0.138. The fourth-order valence-electron chi connectivity index (χ4n) is 0.784. The van der Waals surface area contributed by atoms with Crippen LogP contribution < -0.4 is 0 Å². The molecule has 4 heteroatoms. The van der Waals surface area contributed by atoms with Gasteiger partial charge in [0, 0.05) is 11.9 Å². The molecule has 0 bridgehead atoms. The Morgan fingerprint density at radius 2 is 1.53 bits per heavy atom. The third-order valence-electron chi connectivity index (χ3n) is 1.31. The first-order valence-corrected chi connectivity index (χ1v) is 5.00. The first-order chi connectivity index (χ1) is 7.02. The molecule has 0 aliphatic heterocycles. The Labute approximate surface area is 89.3 Å². The normalized spacial score (nSPS) is 9.33. The van der Waals surface area contributed by atoms with E-state index in [2.05, 4.69) is 4.98 Å². The Balaban J connectivity index is 0. The van der Waals surface area contributed by atoms with Gasteiger partial charge in [-0.25, -0.2) is 0 Å². The van der Waals surface area contributed by atoms with Gasteiger partial charge in [0.2, 0.25) is 0 Å². The van der Waals surface area contributed by atoms with Gasteiger partial charge >= 0.3 is 6.18 Å². The molecule has 0 amide bonds. The van der Waals surface area contributed by atoms with Gasteiger partial charge < -0.3 is 0 Å². The van der Waals surface area contributed by atoms with Crippen molar-refractivity contribution in [3.05, 3.63) is 29.6 Å². The fourth-order valence-corrected chi connectivity index (χ4v) is 0.784. The summed E-state index contributed by atoms with van der Waals surface area (Å²) in [6.07, 6.45) is -2.94. The maximum Gasteiger partial charge on any atom is 0.418 e. The first kappa shape index (κ1) is 16.4. The molecule has 0 unspecified atom stereocenters. The molecule has 0 atom stereocenters. The van der Waals surface area contributed by atoms with Gasteiger partial charge in [-0.2, -0.15) is 13.2 Å². The highest BCUT2D eigenvalue weighted by Crippen LogP contribution is 2.30. The molecule has 0 aliphatic rings. The number of nitrogens with zero attached hydrogens (tertiary/aromatic N) is 1. The van der Waals surface area contributed by atoms with Crippen molar-refractivity contribution >= 4 is 0 Å². The van der Waals surface area contributed by atoms with Crippen LogP contribution in [0.3, 0.4) is 0 Å². The summed E-state index contributed by atoms with van der Waals surface area (Å²) >= 11 is 0. The Morgan fingerprint density at radius 1 is 1.07 bits per heavy atom. The number of rotatable bonds is 0. The van der Waals surface area contributed by atoms with Gasteiger partial charge in [-0.15, -0.1) is 0 Å². The van der Waals surface area contributed by atoms with E-state index >= 15 is 0 Å². The molecule has 1 rings (SSSR count). The number of aromatic nitrogens is 1. The molecule has 1 aromatic heterocycles. The van der Waals surface area contributed by atoms with Crippen molar-refractivity contribution < 1.29 is 13.2 Å². The van der Waals surface area contributed by atoms with Crippen molar-refractivity contribution in [2.24, 2.45) is 0 Å². The summed E-state index contributed by atoms with van der Waals surface area (Å²) in [5.41, 5.74) is -0.653. The van der Waals surface area contributed by atoms with Crippen LogP contribution in [0.2, 0.25) is 0 Å². The zero-order valence-corrected chi connectivity index (χ0v) is 9.81. The van der Waals surface area contributed by atoms with Crippen LogP contribution in [0.15, 0.2) is 18.3 Å². The summed E-state index contributed by atoms with van der Waals surface area (Å²) in [5, 5.41) is 0. The van der Waals surface area contributed by atoms with Crippen LogP contribution in [0.5, 0.6) is 0 Å². The maximum absolute atomic E-state index is 12.0. The second-order valence-electron chi connectivity index (χ2n) is 2.13. The lowest BCUT2D eigenvalue weighted by Crippen LogP contribution is -2.07. The van der Waals surface area contributed by atoms with Crippen LogP contribution in [-0.4, -0.2) is 4.98 Å². The number of hydrogen-bond donors (Lipinski definition) is 0. The topological polar surface area (TPSA) is 12.9 Å². The van der Waals surface area contributed by atoms with E-state index in [0.717, 1.165) is 6.07 Å². The summed E-state index contributed by atoms with van der Waals surface area (Å²) in [6, 6.07) is 2.29. The highest BCUT2D eigenvalue weighted by molar-refractivity contribution is 5.21. The Kier molecular flexibility index (Phi) is 9.02. The third kappa shape index (κ3) is 6.10. The van der Waals surface area contributed by atoms with Crippen LogP contribution >= 0.6 is 0 Å². The van der Waals surface area contributed by atoms with E-state index in [1.807, 2.05) is 27.7 Å². The molecular formula is C11H18F3N. The van der Waals surface area contributed by atoms with Gasteiger partial charge in [0.15, 0.2) is 0 Å². The second-order valence-corrected chi connectivity index (χ2v) is 2.13. The number of halogens is 3. The van der Waals surface area contributed by atoms with Crippen molar-refractivity contribution in [1.29, 1.82) is 0 Å². The smallest absolute Gasteiger partial charge is 0.261 e. The molecule has 1 nitrogen and oxygen atoms in total. The van der Waals surface area contributed by atoms with Crippen LogP contribution in [0.1, 0.15) is 39.0 Å². The van der Waals surface area contributed by atoms with Gasteiger partial charge in [0.05, 0.1) is 5.56 Å². The van der Waals surface area contributed by atoms with Crippen LogP contribution in [0.4, 0.5) is 13.2 Å². The van der Waals surface area contributed by atoms with Crippen molar-refractivity contribution in [2.75, 3.05) is 0 Å². The zero-order valence-electron chi connectivity index (χ0n) is 9.81. The van der Waals surface area contributed by atoms with E-state index in [0.29, 0.717) is 0 Å². The molecule has 1 heterocycles. The second kappa shape index (κ2) is 8.26. The Bertz CT molecular complexity index is 256. The zero-order chi connectivity index (χ0) is 12.5. The molecule has 15 heavy (non-hydrogen) atoms. The first-order valence-electron chi connectivity index (χ1n) is 5.00. The summed E-state index contributed by atoms with van der Waals surface area (Å²) < 4.78 is 36.0. The van der Waals surface area contributed by atoms with Crippen molar-refractivity contribution in [3.63, 3.8) is 0 Å². The minimum Gasteiger partial charge on any atom is -0.261 e. The molecule has 1 aromatic rings. The van der Waals surface area contributed by atoms with Crippen molar-refractivity contribution in [1.82, 2.24) is 4.98 Å². The summed E-state index contributed by atoms with van der Waals surface area (Å²) in [4.78, 5) is 3.53. The highest BCUT2D eigenvalue weighted by atomic mass is 19.4. The maximum atomic E-state index is 12.0. The van der Waals surface area contributed by atoms with Gasteiger partial charge in [-0.3, -0.25) is 4.98 Å². The van der Waals surface area contributed by atoms with Gasteiger partial charge in [-0.1, -0.05) is 27.7 Å². The summed E-state index contributed by atoms with van der Waals surface area (Å²) in [5.74, 6) is 0. The Hall–Kier alpha value is -1.06. The van der Waals surface area contributed by atoms with Crippen LogP contribution in [0, 0.1) is 6.92 Å². The van der Waals surface area contributed by atoms with Gasteiger partial charge in [0.1, 0.15) is 0 Å². The number of aryl methyl sites for hydroxylation is 1. The lowest BCUT2D eigenvalue weighted by atomic mass is 10.2. The van der Waals surface area contributed by atoms with E-state index in [-0.39, 0.29) is 5.69 Å². The average molecular weight is 221 g/mol.